The molecule has 0 radical (unpaired) electrons. The van der Waals surface area contributed by atoms with Crippen LogP contribution in [-0.4, -0.2) is 23.8 Å². The molecule has 1 aromatic rings. The van der Waals surface area contributed by atoms with E-state index in [0.29, 0.717) is 16.8 Å². The first-order chi connectivity index (χ1) is 9.86. The third-order valence-electron chi connectivity index (χ3n) is 3.06. The van der Waals surface area contributed by atoms with Gasteiger partial charge in [-0.2, -0.15) is 0 Å². The van der Waals surface area contributed by atoms with Crippen molar-refractivity contribution in [2.45, 2.75) is 39.5 Å². The van der Waals surface area contributed by atoms with Crippen molar-refractivity contribution < 1.29 is 0 Å². The monoisotopic (exact) mass is 324 g/mol. The summed E-state index contributed by atoms with van der Waals surface area (Å²) in [6.45, 7) is 13.2. The van der Waals surface area contributed by atoms with E-state index < -0.39 is 0 Å². The van der Waals surface area contributed by atoms with Crippen LogP contribution in [0.15, 0.2) is 23.1 Å². The highest BCUT2D eigenvalue weighted by atomic mass is 32.2. The first-order valence-corrected chi connectivity index (χ1v) is 9.06. The fraction of sp³-hybridized carbons (Fsp3) is 0.588. The summed E-state index contributed by atoms with van der Waals surface area (Å²) in [7, 11) is 0. The lowest BCUT2D eigenvalue weighted by Crippen LogP contribution is -2.33. The van der Waals surface area contributed by atoms with Gasteiger partial charge in [0.1, 0.15) is 4.99 Å². The van der Waals surface area contributed by atoms with Crippen LogP contribution in [0.4, 0.5) is 5.69 Å². The Labute approximate surface area is 139 Å². The van der Waals surface area contributed by atoms with Gasteiger partial charge in [-0.1, -0.05) is 52.9 Å². The topological polar surface area (TPSA) is 29.3 Å². The molecule has 0 aliphatic heterocycles. The number of thiocarbonyl (C=S) groups is 1. The molecule has 0 fully saturated rings. The lowest BCUT2D eigenvalue weighted by Gasteiger charge is -2.31. The van der Waals surface area contributed by atoms with E-state index in [1.165, 1.54) is 10.6 Å². The lowest BCUT2D eigenvalue weighted by molar-refractivity contribution is 0.552. The highest BCUT2D eigenvalue weighted by molar-refractivity contribution is 7.99. The lowest BCUT2D eigenvalue weighted by atomic mass is 10.1. The third kappa shape index (κ3) is 5.51. The van der Waals surface area contributed by atoms with Crippen LogP contribution in [-0.2, 0) is 0 Å². The number of nitrogens with zero attached hydrogens (tertiary/aromatic N) is 1. The number of hydrogen-bond donors (Lipinski definition) is 1. The van der Waals surface area contributed by atoms with Crippen molar-refractivity contribution >= 4 is 34.7 Å². The molecule has 0 amide bonds. The summed E-state index contributed by atoms with van der Waals surface area (Å²) in [5.41, 5.74) is 8.26. The molecule has 21 heavy (non-hydrogen) atoms. The van der Waals surface area contributed by atoms with Gasteiger partial charge in [-0.3, -0.25) is 0 Å². The predicted octanol–water partition coefficient (Wildman–Crippen LogP) is 4.55. The largest absolute Gasteiger partial charge is 0.389 e. The highest BCUT2D eigenvalue weighted by Crippen LogP contribution is 2.31. The van der Waals surface area contributed by atoms with Crippen molar-refractivity contribution in [2.75, 3.05) is 23.7 Å². The predicted molar refractivity (Wildman–Crippen MR) is 101 cm³/mol. The van der Waals surface area contributed by atoms with Crippen LogP contribution < -0.4 is 10.6 Å². The Hall–Kier alpha value is -0.740. The molecule has 4 heteroatoms. The smallest absolute Gasteiger partial charge is 0.107 e. The summed E-state index contributed by atoms with van der Waals surface area (Å²) in [6, 6.07) is 6.39. The second-order valence-corrected chi connectivity index (χ2v) is 7.89. The van der Waals surface area contributed by atoms with Gasteiger partial charge in [0.25, 0.3) is 0 Å². The standard InChI is InChI=1S/C17H28N2S2/c1-6-21-15-9-7-8-14(16(15)17(18)20)19(10-12(2)3)11-13(4)5/h7-9,12-13H,6,10-11H2,1-5H3,(H2,18,20). The molecular formula is C17H28N2S2. The Bertz CT molecular complexity index is 460. The molecule has 0 atom stereocenters. The molecule has 1 rings (SSSR count). The molecule has 2 nitrogen and oxygen atoms in total. The van der Waals surface area contributed by atoms with Gasteiger partial charge >= 0.3 is 0 Å². The molecule has 0 aliphatic rings. The zero-order valence-corrected chi connectivity index (χ0v) is 15.5. The highest BCUT2D eigenvalue weighted by Gasteiger charge is 2.18. The molecule has 0 saturated carbocycles. The number of benzene rings is 1. The average Bonchev–Trinajstić information content (AvgIpc) is 2.36. The molecule has 0 heterocycles. The number of thioether (sulfide) groups is 1. The van der Waals surface area contributed by atoms with Crippen LogP contribution in [0.3, 0.4) is 0 Å². The molecule has 0 bridgehead atoms. The van der Waals surface area contributed by atoms with Crippen molar-refractivity contribution in [1.82, 2.24) is 0 Å². The molecule has 0 aliphatic carbocycles. The maximum atomic E-state index is 6.04. The van der Waals surface area contributed by atoms with Crippen molar-refractivity contribution in [1.29, 1.82) is 0 Å². The number of hydrogen-bond acceptors (Lipinski definition) is 3. The minimum atomic E-state index is 0.499. The number of nitrogens with two attached hydrogens (primary N) is 1. The van der Waals surface area contributed by atoms with Crippen LogP contribution in [0.1, 0.15) is 40.2 Å². The Morgan fingerprint density at radius 3 is 2.19 bits per heavy atom. The van der Waals surface area contributed by atoms with Gasteiger partial charge in [0.2, 0.25) is 0 Å². The summed E-state index contributed by atoms with van der Waals surface area (Å²) in [5.74, 6) is 2.23. The maximum absolute atomic E-state index is 6.04. The second kappa shape index (κ2) is 8.64. The van der Waals surface area contributed by atoms with E-state index in [1.807, 2.05) is 0 Å². The normalized spacial score (nSPS) is 11.2. The maximum Gasteiger partial charge on any atom is 0.107 e. The van der Waals surface area contributed by atoms with Gasteiger partial charge in [-0.15, -0.1) is 11.8 Å². The quantitative estimate of drug-likeness (QED) is 0.561. The first-order valence-electron chi connectivity index (χ1n) is 7.67. The molecule has 0 spiro atoms. The Morgan fingerprint density at radius 1 is 1.19 bits per heavy atom. The number of anilines is 1. The van der Waals surface area contributed by atoms with E-state index in [2.05, 4.69) is 57.7 Å². The summed E-state index contributed by atoms with van der Waals surface area (Å²) in [5, 5.41) is 0. The van der Waals surface area contributed by atoms with E-state index in [0.717, 1.165) is 24.4 Å². The van der Waals surface area contributed by atoms with Gasteiger partial charge < -0.3 is 10.6 Å². The molecule has 2 N–H and O–H groups in total. The van der Waals surface area contributed by atoms with Crippen LogP contribution >= 0.6 is 24.0 Å². The van der Waals surface area contributed by atoms with E-state index >= 15 is 0 Å². The van der Waals surface area contributed by atoms with Crippen LogP contribution in [0.2, 0.25) is 0 Å². The summed E-state index contributed by atoms with van der Waals surface area (Å²) >= 11 is 7.14. The minimum absolute atomic E-state index is 0.499. The molecule has 0 unspecified atom stereocenters. The molecule has 0 saturated heterocycles. The van der Waals surface area contributed by atoms with Gasteiger partial charge in [-0.05, 0) is 29.7 Å². The molecule has 1 aromatic carbocycles. The molecular weight excluding hydrogens is 296 g/mol. The zero-order chi connectivity index (χ0) is 16.0. The van der Waals surface area contributed by atoms with Gasteiger partial charge in [0.05, 0.1) is 0 Å². The fourth-order valence-electron chi connectivity index (χ4n) is 2.46. The van der Waals surface area contributed by atoms with E-state index in [9.17, 15) is 0 Å². The Kier molecular flexibility index (Phi) is 7.53. The average molecular weight is 325 g/mol. The van der Waals surface area contributed by atoms with Crippen molar-refractivity contribution in [3.8, 4) is 0 Å². The zero-order valence-electron chi connectivity index (χ0n) is 13.8. The first kappa shape index (κ1) is 18.3. The number of rotatable bonds is 8. The minimum Gasteiger partial charge on any atom is -0.389 e. The van der Waals surface area contributed by atoms with Crippen LogP contribution in [0, 0.1) is 11.8 Å². The summed E-state index contributed by atoms with van der Waals surface area (Å²) in [4.78, 5) is 4.13. The van der Waals surface area contributed by atoms with Crippen LogP contribution in [0.5, 0.6) is 0 Å². The second-order valence-electron chi connectivity index (χ2n) is 6.14. The van der Waals surface area contributed by atoms with E-state index in [1.54, 1.807) is 11.8 Å². The fourth-order valence-corrected chi connectivity index (χ4v) is 3.58. The Balaban J connectivity index is 3.28. The van der Waals surface area contributed by atoms with E-state index in [-0.39, 0.29) is 0 Å². The van der Waals surface area contributed by atoms with Gasteiger partial charge in [0.15, 0.2) is 0 Å². The Morgan fingerprint density at radius 2 is 1.76 bits per heavy atom. The SMILES string of the molecule is CCSc1cccc(N(CC(C)C)CC(C)C)c1C(N)=S. The molecule has 118 valence electrons. The van der Waals surface area contributed by atoms with Gasteiger partial charge in [-0.25, -0.2) is 0 Å². The van der Waals surface area contributed by atoms with Crippen molar-refractivity contribution in [2.24, 2.45) is 17.6 Å². The van der Waals surface area contributed by atoms with Crippen molar-refractivity contribution in [3.63, 3.8) is 0 Å². The summed E-state index contributed by atoms with van der Waals surface area (Å²) < 4.78 is 0. The van der Waals surface area contributed by atoms with Gasteiger partial charge in [0, 0.05) is 29.2 Å². The van der Waals surface area contributed by atoms with E-state index in [4.69, 9.17) is 18.0 Å². The van der Waals surface area contributed by atoms with Crippen LogP contribution in [0.25, 0.3) is 0 Å². The third-order valence-corrected chi connectivity index (χ3v) is 4.21. The van der Waals surface area contributed by atoms with Crippen molar-refractivity contribution in [3.05, 3.63) is 23.8 Å². The summed E-state index contributed by atoms with van der Waals surface area (Å²) in [6.07, 6.45) is 0. The molecule has 0 aromatic heterocycles.